The Hall–Kier alpha value is -2.80. The van der Waals surface area contributed by atoms with Crippen molar-refractivity contribution >= 4 is 11.7 Å². The van der Waals surface area contributed by atoms with Gasteiger partial charge in [0.1, 0.15) is 17.7 Å². The number of morpholine rings is 1. The maximum Gasteiger partial charge on any atom is 0.317 e. The Bertz CT molecular complexity index is 901. The van der Waals surface area contributed by atoms with Gasteiger partial charge in [-0.2, -0.15) is 0 Å². The number of piperidine rings is 1. The van der Waals surface area contributed by atoms with E-state index in [2.05, 4.69) is 5.32 Å². The molecule has 2 aromatic carbocycles. The lowest BCUT2D eigenvalue weighted by Gasteiger charge is -2.37. The van der Waals surface area contributed by atoms with Crippen LogP contribution in [-0.2, 0) is 11.3 Å². The summed E-state index contributed by atoms with van der Waals surface area (Å²) in [5.74, 6) is 0.548. The van der Waals surface area contributed by atoms with Crippen molar-refractivity contribution in [2.24, 2.45) is 0 Å². The topological polar surface area (TPSA) is 54.0 Å². The van der Waals surface area contributed by atoms with Gasteiger partial charge in [-0.05, 0) is 56.5 Å². The summed E-state index contributed by atoms with van der Waals surface area (Å²) in [6.07, 6.45) is 1.93. The van der Waals surface area contributed by atoms with E-state index in [0.717, 1.165) is 24.2 Å². The van der Waals surface area contributed by atoms with Crippen LogP contribution in [0.15, 0.2) is 48.5 Å². The third kappa shape index (κ3) is 5.71. The van der Waals surface area contributed by atoms with E-state index in [4.69, 9.17) is 9.47 Å². The molecule has 0 saturated carbocycles. The first-order chi connectivity index (χ1) is 15.5. The van der Waals surface area contributed by atoms with Crippen LogP contribution in [0, 0.1) is 5.82 Å². The number of amides is 2. The number of hydrogen-bond donors (Lipinski definition) is 1. The van der Waals surface area contributed by atoms with Crippen molar-refractivity contribution in [1.82, 2.24) is 10.2 Å². The van der Waals surface area contributed by atoms with Gasteiger partial charge in [0.2, 0.25) is 0 Å². The number of carbonyl (C=O) groups excluding carboxylic acids is 1. The van der Waals surface area contributed by atoms with E-state index >= 15 is 0 Å². The van der Waals surface area contributed by atoms with Gasteiger partial charge in [-0.1, -0.05) is 24.3 Å². The minimum absolute atomic E-state index is 0.0214. The molecule has 2 amide bonds. The Kier molecular flexibility index (Phi) is 7.15. The molecule has 0 bridgehead atoms. The molecule has 3 unspecified atom stereocenters. The normalized spacial score (nSPS) is 23.7. The number of halogens is 1. The smallest absolute Gasteiger partial charge is 0.317 e. The number of hydrogen-bond acceptors (Lipinski definition) is 4. The third-order valence-electron chi connectivity index (χ3n) is 5.93. The molecule has 172 valence electrons. The second-order valence-electron chi connectivity index (χ2n) is 8.75. The van der Waals surface area contributed by atoms with Crippen LogP contribution in [0.2, 0.25) is 0 Å². The highest BCUT2D eigenvalue weighted by Crippen LogP contribution is 2.25. The number of nitrogens with one attached hydrogen (secondary N) is 1. The van der Waals surface area contributed by atoms with Gasteiger partial charge in [0, 0.05) is 26.2 Å². The van der Waals surface area contributed by atoms with Gasteiger partial charge in [0.05, 0.1) is 24.4 Å². The van der Waals surface area contributed by atoms with E-state index < -0.39 is 0 Å². The molecule has 2 saturated heterocycles. The fourth-order valence-corrected chi connectivity index (χ4v) is 4.49. The molecule has 0 spiro atoms. The number of likely N-dealkylation sites (tertiary alicyclic amines) is 1. The highest BCUT2D eigenvalue weighted by Gasteiger charge is 2.26. The maximum absolute atomic E-state index is 14.8. The number of para-hydroxylation sites is 1. The molecule has 32 heavy (non-hydrogen) atoms. The standard InChI is InChI=1S/C25H32FN3O3/c1-18-15-29(16-19(2)31-18)24-11-10-20(13-23(24)26)14-27-25(30)28-12-6-9-22(17-28)32-21-7-4-3-5-8-21/h3-5,7-8,10-11,13,18-19,22H,6,9,12,14-17H2,1-2H3,(H,27,30). The number of rotatable bonds is 5. The summed E-state index contributed by atoms with van der Waals surface area (Å²) in [4.78, 5) is 16.5. The van der Waals surface area contributed by atoms with Gasteiger partial charge in [-0.15, -0.1) is 0 Å². The lowest BCUT2D eigenvalue weighted by Crippen LogP contribution is -2.48. The monoisotopic (exact) mass is 441 g/mol. The first kappa shape index (κ1) is 22.4. The molecule has 1 N–H and O–H groups in total. The fraction of sp³-hybridized carbons (Fsp3) is 0.480. The molecule has 6 nitrogen and oxygen atoms in total. The Morgan fingerprint density at radius 1 is 1.12 bits per heavy atom. The van der Waals surface area contributed by atoms with Gasteiger partial charge in [-0.25, -0.2) is 9.18 Å². The first-order valence-corrected chi connectivity index (χ1v) is 11.4. The second kappa shape index (κ2) is 10.2. The van der Waals surface area contributed by atoms with E-state index in [1.54, 1.807) is 11.0 Å². The maximum atomic E-state index is 14.8. The SMILES string of the molecule is CC1CN(c2ccc(CNC(=O)N3CCCC(Oc4ccccc4)C3)cc2F)CC(C)O1. The van der Waals surface area contributed by atoms with Crippen LogP contribution in [0.4, 0.5) is 14.9 Å². The molecule has 4 rings (SSSR count). The number of ether oxygens (including phenoxy) is 2. The van der Waals surface area contributed by atoms with E-state index in [0.29, 0.717) is 31.9 Å². The lowest BCUT2D eigenvalue weighted by molar-refractivity contribution is -0.00539. The summed E-state index contributed by atoms with van der Waals surface area (Å²) >= 11 is 0. The zero-order valence-electron chi connectivity index (χ0n) is 18.8. The molecule has 2 heterocycles. The summed E-state index contributed by atoms with van der Waals surface area (Å²) < 4.78 is 26.6. The summed E-state index contributed by atoms with van der Waals surface area (Å²) in [5, 5.41) is 2.92. The van der Waals surface area contributed by atoms with E-state index in [1.165, 1.54) is 6.07 Å². The Morgan fingerprint density at radius 3 is 2.59 bits per heavy atom. The molecule has 2 fully saturated rings. The van der Waals surface area contributed by atoms with Crippen LogP contribution in [-0.4, -0.2) is 55.4 Å². The van der Waals surface area contributed by atoms with E-state index in [9.17, 15) is 9.18 Å². The van der Waals surface area contributed by atoms with Gasteiger partial charge in [0.25, 0.3) is 0 Å². The zero-order chi connectivity index (χ0) is 22.5. The van der Waals surface area contributed by atoms with Crippen LogP contribution < -0.4 is 15.0 Å². The van der Waals surface area contributed by atoms with Crippen molar-refractivity contribution in [3.63, 3.8) is 0 Å². The Morgan fingerprint density at radius 2 is 1.88 bits per heavy atom. The van der Waals surface area contributed by atoms with Crippen molar-refractivity contribution in [3.8, 4) is 5.75 Å². The predicted molar refractivity (Wildman–Crippen MR) is 123 cm³/mol. The molecular formula is C25H32FN3O3. The van der Waals surface area contributed by atoms with E-state index in [-0.39, 0.29) is 36.7 Å². The van der Waals surface area contributed by atoms with Gasteiger partial charge in [-0.3, -0.25) is 0 Å². The predicted octanol–water partition coefficient (Wildman–Crippen LogP) is 4.19. The van der Waals surface area contributed by atoms with Crippen LogP contribution in [0.3, 0.4) is 0 Å². The largest absolute Gasteiger partial charge is 0.489 e. The van der Waals surface area contributed by atoms with Crippen molar-refractivity contribution in [2.45, 2.75) is 51.5 Å². The van der Waals surface area contributed by atoms with Crippen molar-refractivity contribution in [2.75, 3.05) is 31.1 Å². The van der Waals surface area contributed by atoms with Crippen LogP contribution in [0.25, 0.3) is 0 Å². The fourth-order valence-electron chi connectivity index (χ4n) is 4.49. The molecule has 0 aliphatic carbocycles. The minimum Gasteiger partial charge on any atom is -0.489 e. The van der Waals surface area contributed by atoms with Crippen molar-refractivity contribution in [1.29, 1.82) is 0 Å². The highest BCUT2D eigenvalue weighted by molar-refractivity contribution is 5.74. The number of anilines is 1. The molecule has 2 aliphatic heterocycles. The molecule has 0 radical (unpaired) electrons. The molecule has 7 heteroatoms. The quantitative estimate of drug-likeness (QED) is 0.756. The number of carbonyl (C=O) groups is 1. The highest BCUT2D eigenvalue weighted by atomic mass is 19.1. The summed E-state index contributed by atoms with van der Waals surface area (Å²) in [6.45, 7) is 6.85. The summed E-state index contributed by atoms with van der Waals surface area (Å²) in [7, 11) is 0. The van der Waals surface area contributed by atoms with Crippen LogP contribution >= 0.6 is 0 Å². The first-order valence-electron chi connectivity index (χ1n) is 11.4. The Balaban J connectivity index is 1.30. The molecule has 3 atom stereocenters. The van der Waals surface area contributed by atoms with Gasteiger partial charge < -0.3 is 24.6 Å². The summed E-state index contributed by atoms with van der Waals surface area (Å²) in [5.41, 5.74) is 1.32. The minimum atomic E-state index is -0.271. The number of urea groups is 1. The molecule has 2 aliphatic rings. The zero-order valence-corrected chi connectivity index (χ0v) is 18.8. The molecule has 0 aromatic heterocycles. The van der Waals surface area contributed by atoms with Crippen LogP contribution in [0.1, 0.15) is 32.3 Å². The third-order valence-corrected chi connectivity index (χ3v) is 5.93. The number of benzene rings is 2. The van der Waals surface area contributed by atoms with Crippen LogP contribution in [0.5, 0.6) is 5.75 Å². The Labute approximate surface area is 189 Å². The molecule has 2 aromatic rings. The van der Waals surface area contributed by atoms with Crippen molar-refractivity contribution < 1.29 is 18.7 Å². The summed E-state index contributed by atoms with van der Waals surface area (Å²) in [6, 6.07) is 14.7. The average molecular weight is 442 g/mol. The van der Waals surface area contributed by atoms with Crippen molar-refractivity contribution in [3.05, 3.63) is 59.9 Å². The van der Waals surface area contributed by atoms with E-state index in [1.807, 2.05) is 55.1 Å². The number of nitrogens with zero attached hydrogens (tertiary/aromatic N) is 2. The van der Waals surface area contributed by atoms with Gasteiger partial charge >= 0.3 is 6.03 Å². The molecular weight excluding hydrogens is 409 g/mol. The average Bonchev–Trinajstić information content (AvgIpc) is 2.78. The lowest BCUT2D eigenvalue weighted by atomic mass is 10.1. The second-order valence-corrected chi connectivity index (χ2v) is 8.75. The van der Waals surface area contributed by atoms with Gasteiger partial charge in [0.15, 0.2) is 0 Å².